The second-order valence-corrected chi connectivity index (χ2v) is 9.63. The molecule has 2 bridgehead atoms. The molecule has 2 N–H and O–H groups in total. The van der Waals surface area contributed by atoms with E-state index >= 15 is 0 Å². The van der Waals surface area contributed by atoms with Crippen LogP contribution >= 0.6 is 0 Å². The molecule has 1 spiro atoms. The van der Waals surface area contributed by atoms with Gasteiger partial charge in [-0.25, -0.2) is 4.39 Å². The zero-order chi connectivity index (χ0) is 20.9. The standard InChI is InChI=1S/C22H30FN3O4/c1-12-8-14(30-26-12)9-25-20(27)18-15-2-3-16(22(15)5-6-22)19(18)21(28)29-11-13-4-7-24-10-17(13)23/h8,13,15-19,24H,2-7,9-11H2,1H3,(H,25,27)/t13?,15-,16+,17?,18+,19+/m0/s1. The van der Waals surface area contributed by atoms with E-state index in [0.29, 0.717) is 18.7 Å². The molecule has 164 valence electrons. The summed E-state index contributed by atoms with van der Waals surface area (Å²) < 4.78 is 24.9. The molecule has 1 aromatic rings. The minimum atomic E-state index is -0.995. The monoisotopic (exact) mass is 419 g/mol. The number of aromatic nitrogens is 1. The number of aryl methyl sites for hydroxylation is 1. The van der Waals surface area contributed by atoms with Crippen molar-refractivity contribution >= 4 is 11.9 Å². The van der Waals surface area contributed by atoms with Crippen LogP contribution in [0, 0.1) is 41.9 Å². The Morgan fingerprint density at radius 2 is 2.07 bits per heavy atom. The first-order valence-corrected chi connectivity index (χ1v) is 11.2. The van der Waals surface area contributed by atoms with E-state index in [-0.39, 0.29) is 54.1 Å². The second-order valence-electron chi connectivity index (χ2n) is 9.63. The number of carbonyl (C=O) groups excluding carboxylic acids is 2. The number of nitrogens with zero attached hydrogens (tertiary/aromatic N) is 1. The van der Waals surface area contributed by atoms with Crippen LogP contribution < -0.4 is 10.6 Å². The van der Waals surface area contributed by atoms with E-state index in [2.05, 4.69) is 15.8 Å². The van der Waals surface area contributed by atoms with Gasteiger partial charge in [-0.1, -0.05) is 5.16 Å². The van der Waals surface area contributed by atoms with Crippen LogP contribution in [-0.4, -0.2) is 42.9 Å². The molecule has 4 aliphatic rings. The summed E-state index contributed by atoms with van der Waals surface area (Å²) in [4.78, 5) is 26.3. The number of alkyl halides is 1. The van der Waals surface area contributed by atoms with E-state index in [1.54, 1.807) is 6.07 Å². The van der Waals surface area contributed by atoms with Gasteiger partial charge in [0.25, 0.3) is 0 Å². The van der Waals surface area contributed by atoms with Gasteiger partial charge in [-0.05, 0) is 62.8 Å². The zero-order valence-corrected chi connectivity index (χ0v) is 17.4. The van der Waals surface area contributed by atoms with Gasteiger partial charge < -0.3 is 19.9 Å². The molecule has 2 heterocycles. The summed E-state index contributed by atoms with van der Waals surface area (Å²) in [6.07, 6.45) is 3.83. The van der Waals surface area contributed by atoms with Crippen molar-refractivity contribution in [2.24, 2.45) is 35.0 Å². The highest BCUT2D eigenvalue weighted by molar-refractivity contribution is 5.87. The smallest absolute Gasteiger partial charge is 0.310 e. The first-order valence-electron chi connectivity index (χ1n) is 11.2. The van der Waals surface area contributed by atoms with E-state index in [0.717, 1.165) is 37.9 Å². The fourth-order valence-corrected chi connectivity index (χ4v) is 6.47. The number of amides is 1. The lowest BCUT2D eigenvalue weighted by molar-refractivity contribution is -0.157. The van der Waals surface area contributed by atoms with Crippen molar-refractivity contribution in [1.82, 2.24) is 15.8 Å². The summed E-state index contributed by atoms with van der Waals surface area (Å²) in [5, 5.41) is 9.82. The molecule has 3 aliphatic carbocycles. The highest BCUT2D eigenvalue weighted by Crippen LogP contribution is 2.74. The highest BCUT2D eigenvalue weighted by atomic mass is 19.1. The maximum absolute atomic E-state index is 14.1. The van der Waals surface area contributed by atoms with Crippen LogP contribution in [0.4, 0.5) is 4.39 Å². The second kappa shape index (κ2) is 7.62. The average molecular weight is 419 g/mol. The summed E-state index contributed by atoms with van der Waals surface area (Å²) in [5.41, 5.74) is 0.910. The number of halogens is 1. The number of piperidine rings is 1. The number of rotatable bonds is 6. The molecule has 1 aliphatic heterocycles. The topological polar surface area (TPSA) is 93.5 Å². The fraction of sp³-hybridized carbons (Fsp3) is 0.773. The molecule has 0 aromatic carbocycles. The molecule has 8 heteroatoms. The van der Waals surface area contributed by atoms with Crippen molar-refractivity contribution in [3.8, 4) is 0 Å². The van der Waals surface area contributed by atoms with Crippen LogP contribution in [0.5, 0.6) is 0 Å². The Bertz CT molecular complexity index is 823. The lowest BCUT2D eigenvalue weighted by Crippen LogP contribution is -2.43. The molecule has 1 amide bonds. The van der Waals surface area contributed by atoms with E-state index < -0.39 is 12.1 Å². The van der Waals surface area contributed by atoms with Gasteiger partial charge in [-0.2, -0.15) is 0 Å². The summed E-state index contributed by atoms with van der Waals surface area (Å²) in [5.74, 6) is -0.393. The molecule has 7 nitrogen and oxygen atoms in total. The van der Waals surface area contributed by atoms with Crippen LogP contribution in [0.15, 0.2) is 10.6 Å². The van der Waals surface area contributed by atoms with Crippen molar-refractivity contribution < 1.29 is 23.2 Å². The number of hydrogen-bond donors (Lipinski definition) is 2. The molecule has 30 heavy (non-hydrogen) atoms. The third-order valence-electron chi connectivity index (χ3n) is 8.02. The number of ether oxygens (including phenoxy) is 1. The van der Waals surface area contributed by atoms with Crippen molar-refractivity contribution in [2.45, 2.75) is 51.7 Å². The number of nitrogens with one attached hydrogen (secondary N) is 2. The predicted molar refractivity (Wildman–Crippen MR) is 105 cm³/mol. The van der Waals surface area contributed by atoms with E-state index in [9.17, 15) is 14.0 Å². The predicted octanol–water partition coefficient (Wildman–Crippen LogP) is 2.14. The summed E-state index contributed by atoms with van der Waals surface area (Å²) in [7, 11) is 0. The summed E-state index contributed by atoms with van der Waals surface area (Å²) >= 11 is 0. The van der Waals surface area contributed by atoms with Gasteiger partial charge in [-0.3, -0.25) is 9.59 Å². The normalized spacial score (nSPS) is 36.1. The van der Waals surface area contributed by atoms with Crippen LogP contribution in [0.1, 0.15) is 43.6 Å². The van der Waals surface area contributed by atoms with Gasteiger partial charge >= 0.3 is 5.97 Å². The Balaban J connectivity index is 1.27. The maximum Gasteiger partial charge on any atom is 0.310 e. The minimum Gasteiger partial charge on any atom is -0.465 e. The summed E-state index contributed by atoms with van der Waals surface area (Å²) in [6, 6.07) is 1.79. The third kappa shape index (κ3) is 3.33. The SMILES string of the molecule is Cc1cc(CNC(=O)[C@H]2[C@H](C(=O)OCC3CCNCC3F)[C@H]3CC[C@@H]2C32CC2)on1. The van der Waals surface area contributed by atoms with Crippen molar-refractivity contribution in [3.63, 3.8) is 0 Å². The lowest BCUT2D eigenvalue weighted by Gasteiger charge is -2.30. The third-order valence-corrected chi connectivity index (χ3v) is 8.02. The molecule has 1 saturated heterocycles. The molecule has 2 unspecified atom stereocenters. The Morgan fingerprint density at radius 3 is 2.73 bits per heavy atom. The molecule has 0 radical (unpaired) electrons. The van der Waals surface area contributed by atoms with Crippen LogP contribution in [-0.2, 0) is 20.9 Å². The number of esters is 1. The molecular weight excluding hydrogens is 389 g/mol. The Hall–Kier alpha value is -1.96. The van der Waals surface area contributed by atoms with Crippen LogP contribution in [0.25, 0.3) is 0 Å². The van der Waals surface area contributed by atoms with Crippen molar-refractivity contribution in [1.29, 1.82) is 0 Å². The summed E-state index contributed by atoms with van der Waals surface area (Å²) in [6.45, 7) is 3.25. The lowest BCUT2D eigenvalue weighted by atomic mass is 9.78. The highest BCUT2D eigenvalue weighted by Gasteiger charge is 2.72. The van der Waals surface area contributed by atoms with Gasteiger partial charge in [0.1, 0.15) is 6.17 Å². The van der Waals surface area contributed by atoms with Gasteiger partial charge in [-0.15, -0.1) is 0 Å². The first-order chi connectivity index (χ1) is 14.5. The van der Waals surface area contributed by atoms with E-state index in [1.807, 2.05) is 6.92 Å². The zero-order valence-electron chi connectivity index (χ0n) is 17.4. The number of hydrogen-bond acceptors (Lipinski definition) is 6. The molecule has 3 saturated carbocycles. The van der Waals surface area contributed by atoms with Crippen LogP contribution in [0.2, 0.25) is 0 Å². The molecule has 4 fully saturated rings. The maximum atomic E-state index is 14.1. The van der Waals surface area contributed by atoms with Crippen molar-refractivity contribution in [2.75, 3.05) is 19.7 Å². The van der Waals surface area contributed by atoms with Gasteiger partial charge in [0.2, 0.25) is 5.91 Å². The molecule has 6 atom stereocenters. The molecule has 5 rings (SSSR count). The Kier molecular flexibility index (Phi) is 5.08. The minimum absolute atomic E-state index is 0.102. The van der Waals surface area contributed by atoms with Gasteiger partial charge in [0.15, 0.2) is 5.76 Å². The van der Waals surface area contributed by atoms with Crippen LogP contribution in [0.3, 0.4) is 0 Å². The van der Waals surface area contributed by atoms with Gasteiger partial charge in [0.05, 0.1) is 30.7 Å². The van der Waals surface area contributed by atoms with E-state index in [4.69, 9.17) is 9.26 Å². The average Bonchev–Trinajstić information content (AvgIpc) is 3.22. The molecule has 1 aromatic heterocycles. The fourth-order valence-electron chi connectivity index (χ4n) is 6.47. The molecular formula is C22H30FN3O4. The van der Waals surface area contributed by atoms with Crippen molar-refractivity contribution in [3.05, 3.63) is 17.5 Å². The first kappa shape index (κ1) is 20.0. The quantitative estimate of drug-likeness (QED) is 0.687. The number of carbonyl (C=O) groups is 2. The van der Waals surface area contributed by atoms with Gasteiger partial charge in [0, 0.05) is 18.5 Å². The Labute approximate surface area is 175 Å². The largest absolute Gasteiger partial charge is 0.465 e. The Morgan fingerprint density at radius 1 is 1.30 bits per heavy atom. The van der Waals surface area contributed by atoms with E-state index in [1.165, 1.54) is 0 Å².